The molecule has 1 N–H and O–H groups in total. The van der Waals surface area contributed by atoms with Crippen LogP contribution in [0.3, 0.4) is 0 Å². The number of rotatable bonds is 12. The lowest BCUT2D eigenvalue weighted by Gasteiger charge is -2.19. The van der Waals surface area contributed by atoms with Crippen LogP contribution in [0, 0.1) is 0 Å². The highest BCUT2D eigenvalue weighted by atomic mass is 35.5. The van der Waals surface area contributed by atoms with Gasteiger partial charge in [0.1, 0.15) is 0 Å². The highest BCUT2D eigenvalue weighted by molar-refractivity contribution is 6.30. The van der Waals surface area contributed by atoms with Crippen LogP contribution < -0.4 is 5.32 Å². The zero-order valence-corrected chi connectivity index (χ0v) is 13.7. The third kappa shape index (κ3) is 8.39. The zero-order chi connectivity index (χ0) is 15.3. The van der Waals surface area contributed by atoms with Crippen LogP contribution in [0.5, 0.6) is 0 Å². The zero-order valence-electron chi connectivity index (χ0n) is 12.9. The van der Waals surface area contributed by atoms with Gasteiger partial charge in [0.25, 0.3) is 0 Å². The van der Waals surface area contributed by atoms with Crippen molar-refractivity contribution in [2.24, 2.45) is 0 Å². The molecule has 21 heavy (non-hydrogen) atoms. The minimum atomic E-state index is 0.0163. The minimum Gasteiger partial charge on any atom is -0.382 e. The van der Waals surface area contributed by atoms with E-state index in [-0.39, 0.29) is 6.10 Å². The maximum atomic E-state index is 6.05. The molecule has 0 amide bonds. The van der Waals surface area contributed by atoms with Crippen LogP contribution in [0.1, 0.15) is 25.0 Å². The summed E-state index contributed by atoms with van der Waals surface area (Å²) < 4.78 is 16.3. The number of benzene rings is 1. The third-order valence-electron chi connectivity index (χ3n) is 2.98. The van der Waals surface area contributed by atoms with Crippen LogP contribution in [0.25, 0.3) is 0 Å². The van der Waals surface area contributed by atoms with E-state index in [4.69, 9.17) is 25.8 Å². The normalized spacial score (nSPS) is 12.5. The highest BCUT2D eigenvalue weighted by Crippen LogP contribution is 2.20. The van der Waals surface area contributed by atoms with E-state index in [1.165, 1.54) is 0 Å². The molecule has 0 fully saturated rings. The van der Waals surface area contributed by atoms with Crippen molar-refractivity contribution in [1.29, 1.82) is 0 Å². The van der Waals surface area contributed by atoms with Gasteiger partial charge < -0.3 is 19.5 Å². The predicted octanol–water partition coefficient (Wildman–Crippen LogP) is 3.06. The van der Waals surface area contributed by atoms with Gasteiger partial charge in [0.05, 0.1) is 19.3 Å². The van der Waals surface area contributed by atoms with Gasteiger partial charge >= 0.3 is 0 Å². The first kappa shape index (κ1) is 18.4. The van der Waals surface area contributed by atoms with E-state index in [0.717, 1.165) is 30.1 Å². The summed E-state index contributed by atoms with van der Waals surface area (Å²) in [7, 11) is 1.67. The molecular formula is C16H26ClNO3. The Morgan fingerprint density at radius 1 is 1.19 bits per heavy atom. The van der Waals surface area contributed by atoms with Crippen LogP contribution in [-0.4, -0.2) is 46.6 Å². The number of likely N-dealkylation sites (N-methyl/N-ethyl adjacent to an activating group) is 1. The maximum absolute atomic E-state index is 6.05. The Balaban J connectivity index is 2.33. The maximum Gasteiger partial charge on any atom is 0.0949 e. The summed E-state index contributed by atoms with van der Waals surface area (Å²) in [6, 6.07) is 7.83. The SMILES string of the molecule is CCNCC(OCCCOCCOC)c1cccc(Cl)c1. The van der Waals surface area contributed by atoms with Crippen LogP contribution in [0.2, 0.25) is 5.02 Å². The smallest absolute Gasteiger partial charge is 0.0949 e. The van der Waals surface area contributed by atoms with Gasteiger partial charge in [0.15, 0.2) is 0 Å². The van der Waals surface area contributed by atoms with Crippen molar-refractivity contribution in [3.63, 3.8) is 0 Å². The standard InChI is InChI=1S/C16H26ClNO3/c1-3-18-13-16(14-6-4-7-15(17)12-14)21-9-5-8-20-11-10-19-2/h4,6-7,12,16,18H,3,5,8-11,13H2,1-2H3. The Labute approximate surface area is 132 Å². The van der Waals surface area contributed by atoms with Crippen molar-refractivity contribution in [1.82, 2.24) is 5.32 Å². The molecule has 0 aliphatic heterocycles. The molecule has 120 valence electrons. The van der Waals surface area contributed by atoms with Crippen molar-refractivity contribution in [3.8, 4) is 0 Å². The van der Waals surface area contributed by atoms with Gasteiger partial charge in [-0.1, -0.05) is 30.7 Å². The Hall–Kier alpha value is -0.650. The fourth-order valence-corrected chi connectivity index (χ4v) is 2.08. The van der Waals surface area contributed by atoms with Crippen LogP contribution in [0.4, 0.5) is 0 Å². The lowest BCUT2D eigenvalue weighted by Crippen LogP contribution is -2.23. The monoisotopic (exact) mass is 315 g/mol. The van der Waals surface area contributed by atoms with E-state index in [2.05, 4.69) is 12.2 Å². The lowest BCUT2D eigenvalue weighted by atomic mass is 10.1. The van der Waals surface area contributed by atoms with Crippen LogP contribution in [-0.2, 0) is 14.2 Å². The van der Waals surface area contributed by atoms with E-state index >= 15 is 0 Å². The van der Waals surface area contributed by atoms with Crippen molar-refractivity contribution in [2.45, 2.75) is 19.4 Å². The molecular weight excluding hydrogens is 290 g/mol. The molecule has 1 aromatic rings. The van der Waals surface area contributed by atoms with Crippen LogP contribution >= 0.6 is 11.6 Å². The topological polar surface area (TPSA) is 39.7 Å². The number of nitrogens with one attached hydrogen (secondary N) is 1. The van der Waals surface area contributed by atoms with Crippen molar-refractivity contribution >= 4 is 11.6 Å². The van der Waals surface area contributed by atoms with Gasteiger partial charge in [-0.15, -0.1) is 0 Å². The van der Waals surface area contributed by atoms with E-state index in [0.29, 0.717) is 26.4 Å². The molecule has 0 heterocycles. The molecule has 1 aromatic carbocycles. The molecule has 1 unspecified atom stereocenters. The number of ether oxygens (including phenoxy) is 3. The molecule has 5 heteroatoms. The average Bonchev–Trinajstić information content (AvgIpc) is 2.49. The molecule has 0 spiro atoms. The number of methoxy groups -OCH3 is 1. The van der Waals surface area contributed by atoms with E-state index < -0.39 is 0 Å². The highest BCUT2D eigenvalue weighted by Gasteiger charge is 2.11. The summed E-state index contributed by atoms with van der Waals surface area (Å²) in [5, 5.41) is 4.06. The number of hydrogen-bond donors (Lipinski definition) is 1. The molecule has 0 bridgehead atoms. The van der Waals surface area contributed by atoms with E-state index in [1.807, 2.05) is 24.3 Å². The molecule has 0 aliphatic carbocycles. The third-order valence-corrected chi connectivity index (χ3v) is 3.22. The molecule has 0 aliphatic rings. The van der Waals surface area contributed by atoms with Crippen LogP contribution in [0.15, 0.2) is 24.3 Å². The van der Waals surface area contributed by atoms with E-state index in [1.54, 1.807) is 7.11 Å². The predicted molar refractivity (Wildman–Crippen MR) is 86.0 cm³/mol. The van der Waals surface area contributed by atoms with Gasteiger partial charge in [-0.05, 0) is 30.7 Å². The second-order valence-electron chi connectivity index (χ2n) is 4.68. The Bertz CT molecular complexity index is 376. The van der Waals surface area contributed by atoms with Gasteiger partial charge in [0, 0.05) is 31.9 Å². The molecule has 0 saturated heterocycles. The first-order valence-electron chi connectivity index (χ1n) is 7.42. The van der Waals surface area contributed by atoms with Crippen molar-refractivity contribution < 1.29 is 14.2 Å². The first-order chi connectivity index (χ1) is 10.3. The summed E-state index contributed by atoms with van der Waals surface area (Å²) in [5.74, 6) is 0. The van der Waals surface area contributed by atoms with Gasteiger partial charge in [-0.2, -0.15) is 0 Å². The van der Waals surface area contributed by atoms with Crippen molar-refractivity contribution in [3.05, 3.63) is 34.9 Å². The summed E-state index contributed by atoms with van der Waals surface area (Å²) in [6.45, 7) is 6.39. The van der Waals surface area contributed by atoms with Gasteiger partial charge in [-0.3, -0.25) is 0 Å². The fourth-order valence-electron chi connectivity index (χ4n) is 1.89. The largest absolute Gasteiger partial charge is 0.382 e. The summed E-state index contributed by atoms with van der Waals surface area (Å²) in [4.78, 5) is 0. The van der Waals surface area contributed by atoms with E-state index in [9.17, 15) is 0 Å². The fraction of sp³-hybridized carbons (Fsp3) is 0.625. The van der Waals surface area contributed by atoms with Crippen molar-refractivity contribution in [2.75, 3.05) is 46.6 Å². The summed E-state index contributed by atoms with van der Waals surface area (Å²) in [6.07, 6.45) is 0.884. The molecule has 0 radical (unpaired) electrons. The molecule has 1 rings (SSSR count). The number of halogens is 1. The summed E-state index contributed by atoms with van der Waals surface area (Å²) >= 11 is 6.05. The second kappa shape index (κ2) is 12.0. The second-order valence-corrected chi connectivity index (χ2v) is 5.12. The quantitative estimate of drug-likeness (QED) is 0.602. The minimum absolute atomic E-state index is 0.0163. The number of hydrogen-bond acceptors (Lipinski definition) is 4. The molecule has 0 saturated carbocycles. The molecule has 4 nitrogen and oxygen atoms in total. The first-order valence-corrected chi connectivity index (χ1v) is 7.80. The van der Waals surface area contributed by atoms with Gasteiger partial charge in [0.2, 0.25) is 0 Å². The Morgan fingerprint density at radius 3 is 2.76 bits per heavy atom. The molecule has 0 aromatic heterocycles. The molecule has 1 atom stereocenters. The lowest BCUT2D eigenvalue weighted by molar-refractivity contribution is 0.0232. The summed E-state index contributed by atoms with van der Waals surface area (Å²) in [5.41, 5.74) is 1.10. The Kier molecular flexibility index (Phi) is 10.5. The average molecular weight is 316 g/mol. The Morgan fingerprint density at radius 2 is 2.05 bits per heavy atom. The van der Waals surface area contributed by atoms with Gasteiger partial charge in [-0.25, -0.2) is 0 Å².